The van der Waals surface area contributed by atoms with E-state index in [4.69, 9.17) is 5.26 Å². The third-order valence-corrected chi connectivity index (χ3v) is 2.68. The number of nitrogens with one attached hydrogen (secondary N) is 1. The summed E-state index contributed by atoms with van der Waals surface area (Å²) in [5, 5.41) is 12.1. The minimum Gasteiger partial charge on any atom is -0.366 e. The second kappa shape index (κ2) is 6.87. The van der Waals surface area contributed by atoms with Gasteiger partial charge in [-0.1, -0.05) is 19.9 Å². The topological polar surface area (TPSA) is 52.0 Å². The number of pyridine rings is 1. The highest BCUT2D eigenvalue weighted by Gasteiger charge is 2.07. The Hall–Kier alpha value is -1.60. The van der Waals surface area contributed by atoms with Crippen LogP contribution in [-0.2, 0) is 0 Å². The Morgan fingerprint density at radius 2 is 2.12 bits per heavy atom. The van der Waals surface area contributed by atoms with Gasteiger partial charge in [0.1, 0.15) is 17.6 Å². The second-order valence-corrected chi connectivity index (χ2v) is 4.05. The summed E-state index contributed by atoms with van der Waals surface area (Å²) in [6.45, 7) is 9.52. The van der Waals surface area contributed by atoms with E-state index in [1.54, 1.807) is 6.07 Å². The van der Waals surface area contributed by atoms with Crippen LogP contribution in [0.4, 0.5) is 5.82 Å². The molecule has 0 radical (unpaired) electrons. The van der Waals surface area contributed by atoms with Gasteiger partial charge in [-0.05, 0) is 32.1 Å². The molecular formula is C13H20N4. The fourth-order valence-electron chi connectivity index (χ4n) is 1.74. The normalized spacial score (nSPS) is 12.2. The molecule has 17 heavy (non-hydrogen) atoms. The SMILES string of the molecule is CCN(CC)CC(C)Nc1cccc(C#N)n1. The summed E-state index contributed by atoms with van der Waals surface area (Å²) >= 11 is 0. The maximum Gasteiger partial charge on any atom is 0.142 e. The van der Waals surface area contributed by atoms with E-state index >= 15 is 0 Å². The summed E-state index contributed by atoms with van der Waals surface area (Å²) in [5.74, 6) is 0.767. The lowest BCUT2D eigenvalue weighted by Crippen LogP contribution is -2.34. The number of aromatic nitrogens is 1. The molecule has 1 aromatic rings. The first-order chi connectivity index (χ1) is 8.19. The fourth-order valence-corrected chi connectivity index (χ4v) is 1.74. The molecule has 4 nitrogen and oxygen atoms in total. The molecule has 0 aliphatic carbocycles. The molecule has 0 bridgehead atoms. The Morgan fingerprint density at radius 3 is 2.71 bits per heavy atom. The number of nitrogens with zero attached hydrogens (tertiary/aromatic N) is 3. The van der Waals surface area contributed by atoms with E-state index < -0.39 is 0 Å². The zero-order valence-corrected chi connectivity index (χ0v) is 10.8. The van der Waals surface area contributed by atoms with Gasteiger partial charge in [0.2, 0.25) is 0 Å². The minimum absolute atomic E-state index is 0.316. The van der Waals surface area contributed by atoms with Gasteiger partial charge in [-0.2, -0.15) is 5.26 Å². The number of anilines is 1. The summed E-state index contributed by atoms with van der Waals surface area (Å²) in [5.41, 5.74) is 0.449. The molecule has 1 N–H and O–H groups in total. The van der Waals surface area contributed by atoms with Crippen LogP contribution in [0.5, 0.6) is 0 Å². The number of likely N-dealkylation sites (N-methyl/N-ethyl adjacent to an activating group) is 1. The van der Waals surface area contributed by atoms with Gasteiger partial charge in [0, 0.05) is 12.6 Å². The molecule has 1 heterocycles. The van der Waals surface area contributed by atoms with Gasteiger partial charge >= 0.3 is 0 Å². The van der Waals surface area contributed by atoms with Crippen LogP contribution in [0.15, 0.2) is 18.2 Å². The van der Waals surface area contributed by atoms with E-state index in [1.165, 1.54) is 0 Å². The molecule has 0 saturated heterocycles. The van der Waals surface area contributed by atoms with Gasteiger partial charge in [-0.15, -0.1) is 0 Å². The lowest BCUT2D eigenvalue weighted by molar-refractivity contribution is 0.294. The molecule has 0 amide bonds. The molecule has 0 saturated carbocycles. The van der Waals surface area contributed by atoms with Crippen molar-refractivity contribution in [2.45, 2.75) is 26.8 Å². The van der Waals surface area contributed by atoms with Gasteiger partial charge in [0.15, 0.2) is 0 Å². The molecule has 92 valence electrons. The predicted molar refractivity (Wildman–Crippen MR) is 69.8 cm³/mol. The average Bonchev–Trinajstić information content (AvgIpc) is 2.36. The molecule has 4 heteroatoms. The summed E-state index contributed by atoms with van der Waals surface area (Å²) in [7, 11) is 0. The van der Waals surface area contributed by atoms with Gasteiger partial charge < -0.3 is 10.2 Å². The number of nitriles is 1. The minimum atomic E-state index is 0.316. The van der Waals surface area contributed by atoms with E-state index in [0.29, 0.717) is 11.7 Å². The van der Waals surface area contributed by atoms with Gasteiger partial charge in [-0.25, -0.2) is 4.98 Å². The number of hydrogen-bond acceptors (Lipinski definition) is 4. The summed E-state index contributed by atoms with van der Waals surface area (Å²) in [6.07, 6.45) is 0. The van der Waals surface area contributed by atoms with Crippen LogP contribution in [0.3, 0.4) is 0 Å². The Balaban J connectivity index is 2.55. The third kappa shape index (κ3) is 4.41. The van der Waals surface area contributed by atoms with Gasteiger partial charge in [0.25, 0.3) is 0 Å². The van der Waals surface area contributed by atoms with Crippen molar-refractivity contribution in [2.24, 2.45) is 0 Å². The lowest BCUT2D eigenvalue weighted by atomic mass is 10.3. The first-order valence-corrected chi connectivity index (χ1v) is 6.05. The Bertz CT molecular complexity index is 379. The van der Waals surface area contributed by atoms with E-state index in [1.807, 2.05) is 18.2 Å². The fraction of sp³-hybridized carbons (Fsp3) is 0.538. The van der Waals surface area contributed by atoms with Crippen LogP contribution in [0.1, 0.15) is 26.5 Å². The molecule has 0 aromatic carbocycles. The first kappa shape index (κ1) is 13.5. The van der Waals surface area contributed by atoms with Crippen LogP contribution in [0.25, 0.3) is 0 Å². The highest BCUT2D eigenvalue weighted by Crippen LogP contribution is 2.06. The van der Waals surface area contributed by atoms with Gasteiger partial charge in [-0.3, -0.25) is 0 Å². The van der Waals surface area contributed by atoms with E-state index in [-0.39, 0.29) is 0 Å². The van der Waals surface area contributed by atoms with Crippen LogP contribution in [-0.4, -0.2) is 35.6 Å². The van der Waals surface area contributed by atoms with Crippen molar-refractivity contribution >= 4 is 5.82 Å². The Labute approximate surface area is 103 Å². The van der Waals surface area contributed by atoms with E-state index in [9.17, 15) is 0 Å². The molecule has 1 atom stereocenters. The molecule has 1 unspecified atom stereocenters. The zero-order chi connectivity index (χ0) is 12.7. The highest BCUT2D eigenvalue weighted by molar-refractivity contribution is 5.39. The smallest absolute Gasteiger partial charge is 0.142 e. The van der Waals surface area contributed by atoms with E-state index in [0.717, 1.165) is 25.5 Å². The molecule has 0 aliphatic rings. The van der Waals surface area contributed by atoms with Crippen LogP contribution >= 0.6 is 0 Å². The maximum atomic E-state index is 8.77. The van der Waals surface area contributed by atoms with Crippen LogP contribution < -0.4 is 5.32 Å². The van der Waals surface area contributed by atoms with E-state index in [2.05, 4.69) is 36.0 Å². The molecular weight excluding hydrogens is 212 g/mol. The van der Waals surface area contributed by atoms with Crippen molar-refractivity contribution in [1.29, 1.82) is 5.26 Å². The molecule has 0 fully saturated rings. The van der Waals surface area contributed by atoms with Crippen LogP contribution in [0, 0.1) is 11.3 Å². The predicted octanol–water partition coefficient (Wildman–Crippen LogP) is 2.10. The summed E-state index contributed by atoms with van der Waals surface area (Å²) < 4.78 is 0. The largest absolute Gasteiger partial charge is 0.366 e. The third-order valence-electron chi connectivity index (χ3n) is 2.68. The quantitative estimate of drug-likeness (QED) is 0.816. The van der Waals surface area contributed by atoms with Crippen LogP contribution in [0.2, 0.25) is 0 Å². The average molecular weight is 232 g/mol. The van der Waals surface area contributed by atoms with Crippen molar-refractivity contribution in [3.05, 3.63) is 23.9 Å². The monoisotopic (exact) mass is 232 g/mol. The first-order valence-electron chi connectivity index (χ1n) is 6.05. The van der Waals surface area contributed by atoms with Crippen molar-refractivity contribution < 1.29 is 0 Å². The Kier molecular flexibility index (Phi) is 5.44. The standard InChI is InChI=1S/C13H20N4/c1-4-17(5-2)10-11(3)15-13-8-6-7-12(9-14)16-13/h6-8,11H,4-5,10H2,1-3H3,(H,15,16). The number of hydrogen-bond donors (Lipinski definition) is 1. The van der Waals surface area contributed by atoms with Crippen molar-refractivity contribution in [3.8, 4) is 6.07 Å². The summed E-state index contributed by atoms with van der Waals surface area (Å²) in [6, 6.07) is 7.80. The second-order valence-electron chi connectivity index (χ2n) is 4.05. The van der Waals surface area contributed by atoms with Gasteiger partial charge in [0.05, 0.1) is 0 Å². The molecule has 1 aromatic heterocycles. The number of rotatable bonds is 6. The lowest BCUT2D eigenvalue weighted by Gasteiger charge is -2.23. The van der Waals surface area contributed by atoms with Crippen molar-refractivity contribution in [1.82, 2.24) is 9.88 Å². The zero-order valence-electron chi connectivity index (χ0n) is 10.8. The Morgan fingerprint density at radius 1 is 1.41 bits per heavy atom. The molecule has 0 spiro atoms. The molecule has 0 aliphatic heterocycles. The maximum absolute atomic E-state index is 8.77. The molecule has 1 rings (SSSR count). The van der Waals surface area contributed by atoms with Crippen molar-refractivity contribution in [3.63, 3.8) is 0 Å². The summed E-state index contributed by atoms with van der Waals surface area (Å²) in [4.78, 5) is 6.55. The van der Waals surface area contributed by atoms with Crippen molar-refractivity contribution in [2.75, 3.05) is 25.0 Å². The highest BCUT2D eigenvalue weighted by atomic mass is 15.1.